The summed E-state index contributed by atoms with van der Waals surface area (Å²) in [6.07, 6.45) is 0.396. The Balaban J connectivity index is 3.53. The largest absolute Gasteiger partial charge is 0.395 e. The molecule has 2 N–H and O–H groups in total. The molecule has 11 heavy (non-hydrogen) atoms. The Morgan fingerprint density at radius 2 is 2.18 bits per heavy atom. The Bertz CT molecular complexity index is 127. The molecular formula is C8H16NO2. The number of amides is 1. The van der Waals surface area contributed by atoms with Gasteiger partial charge in [0.2, 0.25) is 5.91 Å². The van der Waals surface area contributed by atoms with Gasteiger partial charge in [0.1, 0.15) is 0 Å². The lowest BCUT2D eigenvalue weighted by atomic mass is 9.92. The normalized spacial score (nSPS) is 11.3. The first-order chi connectivity index (χ1) is 4.95. The van der Waals surface area contributed by atoms with E-state index in [2.05, 4.69) is 12.2 Å². The molecule has 0 aliphatic heterocycles. The topological polar surface area (TPSA) is 49.3 Å². The summed E-state index contributed by atoms with van der Waals surface area (Å²) in [7, 11) is 0. The molecule has 0 bridgehead atoms. The van der Waals surface area contributed by atoms with E-state index in [-0.39, 0.29) is 17.9 Å². The van der Waals surface area contributed by atoms with E-state index in [1.54, 1.807) is 0 Å². The summed E-state index contributed by atoms with van der Waals surface area (Å²) in [6.45, 7) is 7.90. The van der Waals surface area contributed by atoms with E-state index >= 15 is 0 Å². The lowest BCUT2D eigenvalue weighted by Gasteiger charge is -2.16. The van der Waals surface area contributed by atoms with Crippen LogP contribution in [0.25, 0.3) is 0 Å². The highest BCUT2D eigenvalue weighted by atomic mass is 16.3. The minimum atomic E-state index is -0.223. The molecule has 0 spiro atoms. The maximum absolute atomic E-state index is 11.0. The maximum atomic E-state index is 11.0. The molecule has 0 fully saturated rings. The average molecular weight is 158 g/mol. The zero-order valence-electron chi connectivity index (χ0n) is 7.18. The van der Waals surface area contributed by atoms with E-state index in [1.165, 1.54) is 0 Å². The van der Waals surface area contributed by atoms with Crippen molar-refractivity contribution in [3.63, 3.8) is 0 Å². The average Bonchev–Trinajstić information content (AvgIpc) is 1.79. The summed E-state index contributed by atoms with van der Waals surface area (Å²) in [6, 6.07) is 0. The second-order valence-electron chi connectivity index (χ2n) is 3.41. The Kier molecular flexibility index (Phi) is 4.11. The molecule has 0 saturated heterocycles. The van der Waals surface area contributed by atoms with Crippen LogP contribution in [-0.2, 0) is 4.79 Å². The van der Waals surface area contributed by atoms with Crippen LogP contribution in [0.5, 0.6) is 0 Å². The molecule has 1 amide bonds. The molecule has 0 aliphatic carbocycles. The van der Waals surface area contributed by atoms with E-state index in [1.807, 2.05) is 13.8 Å². The predicted molar refractivity (Wildman–Crippen MR) is 43.9 cm³/mol. The van der Waals surface area contributed by atoms with Crippen LogP contribution in [0.15, 0.2) is 0 Å². The molecular weight excluding hydrogens is 142 g/mol. The van der Waals surface area contributed by atoms with Crippen molar-refractivity contribution in [3.05, 3.63) is 6.92 Å². The fourth-order valence-corrected chi connectivity index (χ4v) is 0.692. The molecule has 65 valence electrons. The van der Waals surface area contributed by atoms with Gasteiger partial charge in [-0.05, 0) is 12.3 Å². The van der Waals surface area contributed by atoms with Gasteiger partial charge < -0.3 is 10.4 Å². The van der Waals surface area contributed by atoms with Gasteiger partial charge in [0.05, 0.1) is 6.61 Å². The Labute approximate surface area is 67.8 Å². The van der Waals surface area contributed by atoms with Crippen molar-refractivity contribution >= 4 is 5.91 Å². The zero-order chi connectivity index (χ0) is 8.91. The van der Waals surface area contributed by atoms with E-state index in [0.29, 0.717) is 13.0 Å². The third kappa shape index (κ3) is 7.33. The lowest BCUT2D eigenvalue weighted by molar-refractivity contribution is -0.122. The summed E-state index contributed by atoms with van der Waals surface area (Å²) in [5, 5.41) is 10.9. The SMILES string of the molecule is [CH2]C(C)(C)CC(=O)NCCO. The molecule has 3 nitrogen and oxygen atoms in total. The third-order valence-corrected chi connectivity index (χ3v) is 1.07. The molecule has 0 rings (SSSR count). The van der Waals surface area contributed by atoms with Crippen LogP contribution >= 0.6 is 0 Å². The molecule has 0 unspecified atom stereocenters. The summed E-state index contributed by atoms with van der Waals surface area (Å²) in [5.74, 6) is -0.0564. The molecule has 0 heterocycles. The fraction of sp³-hybridized carbons (Fsp3) is 0.750. The van der Waals surface area contributed by atoms with Gasteiger partial charge in [0.15, 0.2) is 0 Å². The molecule has 0 aromatic carbocycles. The summed E-state index contributed by atoms with van der Waals surface area (Å²) >= 11 is 0. The van der Waals surface area contributed by atoms with Gasteiger partial charge in [-0.1, -0.05) is 13.8 Å². The van der Waals surface area contributed by atoms with Gasteiger partial charge in [-0.2, -0.15) is 0 Å². The minimum Gasteiger partial charge on any atom is -0.395 e. The number of nitrogens with one attached hydrogen (secondary N) is 1. The standard InChI is InChI=1S/C8H16NO2/c1-8(2,3)6-7(11)9-4-5-10/h10H,1,4-6H2,2-3H3,(H,9,11). The van der Waals surface area contributed by atoms with Crippen molar-refractivity contribution in [2.75, 3.05) is 13.2 Å². The summed E-state index contributed by atoms with van der Waals surface area (Å²) in [5.41, 5.74) is -0.223. The van der Waals surface area contributed by atoms with Crippen molar-refractivity contribution in [3.8, 4) is 0 Å². The number of carbonyl (C=O) groups excluding carboxylic acids is 1. The molecule has 0 atom stereocenters. The highest BCUT2D eigenvalue weighted by Crippen LogP contribution is 2.16. The number of aliphatic hydroxyl groups excluding tert-OH is 1. The minimum absolute atomic E-state index is 0.0106. The molecule has 0 saturated carbocycles. The second-order valence-corrected chi connectivity index (χ2v) is 3.41. The fourth-order valence-electron chi connectivity index (χ4n) is 0.692. The summed E-state index contributed by atoms with van der Waals surface area (Å²) < 4.78 is 0. The van der Waals surface area contributed by atoms with Gasteiger partial charge in [0, 0.05) is 13.0 Å². The highest BCUT2D eigenvalue weighted by molar-refractivity contribution is 5.76. The predicted octanol–water partition coefficient (Wildman–Crippen LogP) is 0.345. The molecule has 1 radical (unpaired) electrons. The lowest BCUT2D eigenvalue weighted by Crippen LogP contribution is -2.29. The van der Waals surface area contributed by atoms with Crippen LogP contribution < -0.4 is 5.32 Å². The van der Waals surface area contributed by atoms with Crippen LogP contribution in [0.4, 0.5) is 0 Å². The van der Waals surface area contributed by atoms with Gasteiger partial charge in [-0.3, -0.25) is 4.79 Å². The van der Waals surface area contributed by atoms with Crippen molar-refractivity contribution < 1.29 is 9.90 Å². The second kappa shape index (κ2) is 4.34. The third-order valence-electron chi connectivity index (χ3n) is 1.07. The summed E-state index contributed by atoms with van der Waals surface area (Å²) in [4.78, 5) is 11.0. The van der Waals surface area contributed by atoms with Crippen molar-refractivity contribution in [2.45, 2.75) is 20.3 Å². The molecule has 0 aromatic heterocycles. The van der Waals surface area contributed by atoms with E-state index in [0.717, 1.165) is 0 Å². The molecule has 0 aliphatic rings. The number of hydrogen-bond acceptors (Lipinski definition) is 2. The van der Waals surface area contributed by atoms with Crippen LogP contribution in [0.2, 0.25) is 0 Å². The molecule has 0 aromatic rings. The van der Waals surface area contributed by atoms with Crippen LogP contribution in [0, 0.1) is 12.3 Å². The zero-order valence-corrected chi connectivity index (χ0v) is 7.18. The smallest absolute Gasteiger partial charge is 0.220 e. The van der Waals surface area contributed by atoms with Gasteiger partial charge >= 0.3 is 0 Å². The van der Waals surface area contributed by atoms with Crippen LogP contribution in [0.1, 0.15) is 20.3 Å². The Hall–Kier alpha value is -0.570. The quantitative estimate of drug-likeness (QED) is 0.620. The van der Waals surface area contributed by atoms with Gasteiger partial charge in [0.25, 0.3) is 0 Å². The van der Waals surface area contributed by atoms with Crippen molar-refractivity contribution in [1.29, 1.82) is 0 Å². The number of hydrogen-bond donors (Lipinski definition) is 2. The number of aliphatic hydroxyl groups is 1. The van der Waals surface area contributed by atoms with Gasteiger partial charge in [-0.15, -0.1) is 0 Å². The first-order valence-corrected chi connectivity index (χ1v) is 3.68. The monoisotopic (exact) mass is 158 g/mol. The van der Waals surface area contributed by atoms with Crippen molar-refractivity contribution in [1.82, 2.24) is 5.32 Å². The maximum Gasteiger partial charge on any atom is 0.220 e. The Morgan fingerprint density at radius 1 is 1.64 bits per heavy atom. The Morgan fingerprint density at radius 3 is 2.55 bits per heavy atom. The van der Waals surface area contributed by atoms with E-state index < -0.39 is 0 Å². The van der Waals surface area contributed by atoms with Crippen molar-refractivity contribution in [2.24, 2.45) is 5.41 Å². The van der Waals surface area contributed by atoms with E-state index in [9.17, 15) is 4.79 Å². The van der Waals surface area contributed by atoms with E-state index in [4.69, 9.17) is 5.11 Å². The van der Waals surface area contributed by atoms with Crippen LogP contribution in [0.3, 0.4) is 0 Å². The number of carbonyl (C=O) groups is 1. The molecule has 3 heteroatoms. The highest BCUT2D eigenvalue weighted by Gasteiger charge is 2.14. The number of rotatable bonds is 4. The first kappa shape index (κ1) is 10.4. The van der Waals surface area contributed by atoms with Gasteiger partial charge in [-0.25, -0.2) is 0 Å². The van der Waals surface area contributed by atoms with Crippen LogP contribution in [-0.4, -0.2) is 24.2 Å². The first-order valence-electron chi connectivity index (χ1n) is 3.68.